The van der Waals surface area contributed by atoms with Crippen molar-refractivity contribution in [1.29, 1.82) is 0 Å². The van der Waals surface area contributed by atoms with Crippen LogP contribution in [0.25, 0.3) is 0 Å². The second-order valence-electron chi connectivity index (χ2n) is 4.00. The van der Waals surface area contributed by atoms with Crippen molar-refractivity contribution in [3.63, 3.8) is 0 Å². The maximum atomic E-state index is 5.51. The van der Waals surface area contributed by atoms with Crippen LogP contribution in [0.3, 0.4) is 0 Å². The minimum atomic E-state index is -0.435. The third-order valence-electron chi connectivity index (χ3n) is 2.56. The predicted molar refractivity (Wildman–Crippen MR) is 60.2 cm³/mol. The Morgan fingerprint density at radius 1 is 1.44 bits per heavy atom. The number of anilines is 1. The Kier molecular flexibility index (Phi) is 3.36. The zero-order valence-electron chi connectivity index (χ0n) is 9.69. The van der Waals surface area contributed by atoms with Gasteiger partial charge in [-0.3, -0.25) is 0 Å². The van der Waals surface area contributed by atoms with Crippen LogP contribution < -0.4 is 5.32 Å². The lowest BCUT2D eigenvalue weighted by Crippen LogP contribution is -2.28. The predicted octanol–water partition coefficient (Wildman–Crippen LogP) is 1.35. The summed E-state index contributed by atoms with van der Waals surface area (Å²) in [7, 11) is 0. The van der Waals surface area contributed by atoms with Crippen LogP contribution in [-0.4, -0.2) is 35.5 Å². The number of nitrogens with one attached hydrogen (secondary N) is 1. The molecule has 1 aromatic rings. The van der Waals surface area contributed by atoms with Crippen molar-refractivity contribution in [3.8, 4) is 0 Å². The molecule has 0 bridgehead atoms. The van der Waals surface area contributed by atoms with Gasteiger partial charge >= 0.3 is 0 Å². The Bertz CT molecular complexity index is 351. The van der Waals surface area contributed by atoms with Crippen LogP contribution in [0.5, 0.6) is 0 Å². The summed E-state index contributed by atoms with van der Waals surface area (Å²) < 4.78 is 11.0. The summed E-state index contributed by atoms with van der Waals surface area (Å²) >= 11 is 0. The van der Waals surface area contributed by atoms with E-state index in [1.165, 1.54) is 0 Å². The zero-order chi connectivity index (χ0) is 11.4. The Morgan fingerprint density at radius 3 is 2.88 bits per heavy atom. The molecule has 5 nitrogen and oxygen atoms in total. The lowest BCUT2D eigenvalue weighted by molar-refractivity contribution is -0.144. The summed E-state index contributed by atoms with van der Waals surface area (Å²) in [6, 6.07) is 1.85. The monoisotopic (exact) mass is 223 g/mol. The largest absolute Gasteiger partial charge is 0.370 e. The zero-order valence-corrected chi connectivity index (χ0v) is 9.69. The van der Waals surface area contributed by atoms with Crippen LogP contribution in [0.2, 0.25) is 0 Å². The van der Waals surface area contributed by atoms with Crippen molar-refractivity contribution >= 4 is 5.82 Å². The van der Waals surface area contributed by atoms with Gasteiger partial charge in [-0.05, 0) is 19.9 Å². The number of ether oxygens (including phenoxy) is 2. The Hall–Kier alpha value is -1.20. The van der Waals surface area contributed by atoms with E-state index in [9.17, 15) is 0 Å². The van der Waals surface area contributed by atoms with E-state index in [0.717, 1.165) is 24.6 Å². The molecule has 1 saturated heterocycles. The smallest absolute Gasteiger partial charge is 0.167 e. The third kappa shape index (κ3) is 2.90. The van der Waals surface area contributed by atoms with Crippen molar-refractivity contribution in [2.75, 3.05) is 25.1 Å². The number of rotatable bonds is 4. The summed E-state index contributed by atoms with van der Waals surface area (Å²) in [5.74, 6) is 1.17. The molecule has 0 spiro atoms. The standard InChI is InChI=1S/C11H17N3O2/c1-9-12-5-3-10(14-9)13-6-4-11(2)15-7-8-16-11/h3,5H,4,6-8H2,1-2H3,(H,12,13,14). The van der Waals surface area contributed by atoms with Gasteiger partial charge in [-0.15, -0.1) is 0 Å². The van der Waals surface area contributed by atoms with Crippen LogP contribution in [0.1, 0.15) is 19.2 Å². The summed E-state index contributed by atoms with van der Waals surface area (Å²) in [6.07, 6.45) is 2.55. The van der Waals surface area contributed by atoms with Gasteiger partial charge < -0.3 is 14.8 Å². The van der Waals surface area contributed by atoms with Crippen LogP contribution in [0.4, 0.5) is 5.82 Å². The van der Waals surface area contributed by atoms with Crippen LogP contribution >= 0.6 is 0 Å². The maximum Gasteiger partial charge on any atom is 0.167 e. The van der Waals surface area contributed by atoms with Crippen molar-refractivity contribution in [1.82, 2.24) is 9.97 Å². The molecule has 5 heteroatoms. The molecule has 2 heterocycles. The first-order chi connectivity index (χ1) is 7.68. The van der Waals surface area contributed by atoms with E-state index in [4.69, 9.17) is 9.47 Å². The third-order valence-corrected chi connectivity index (χ3v) is 2.56. The topological polar surface area (TPSA) is 56.3 Å². The molecule has 0 saturated carbocycles. The van der Waals surface area contributed by atoms with Gasteiger partial charge in [0, 0.05) is 19.2 Å². The van der Waals surface area contributed by atoms with E-state index >= 15 is 0 Å². The second kappa shape index (κ2) is 4.76. The molecule has 1 N–H and O–H groups in total. The maximum absolute atomic E-state index is 5.51. The minimum Gasteiger partial charge on any atom is -0.370 e. The molecular formula is C11H17N3O2. The van der Waals surface area contributed by atoms with Gasteiger partial charge in [0.2, 0.25) is 0 Å². The van der Waals surface area contributed by atoms with Crippen LogP contribution in [0.15, 0.2) is 12.3 Å². The average Bonchev–Trinajstić information content (AvgIpc) is 2.65. The molecule has 1 aromatic heterocycles. The fourth-order valence-corrected chi connectivity index (χ4v) is 1.67. The molecule has 1 aliphatic heterocycles. The fraction of sp³-hybridized carbons (Fsp3) is 0.636. The van der Waals surface area contributed by atoms with E-state index < -0.39 is 5.79 Å². The Labute approximate surface area is 95.2 Å². The number of nitrogens with zero attached hydrogens (tertiary/aromatic N) is 2. The van der Waals surface area contributed by atoms with E-state index in [1.54, 1.807) is 6.20 Å². The molecule has 0 aromatic carbocycles. The van der Waals surface area contributed by atoms with E-state index in [-0.39, 0.29) is 0 Å². The molecule has 1 fully saturated rings. The first-order valence-corrected chi connectivity index (χ1v) is 5.49. The molecule has 16 heavy (non-hydrogen) atoms. The highest BCUT2D eigenvalue weighted by Gasteiger charge is 2.30. The normalized spacial score (nSPS) is 18.6. The number of aromatic nitrogens is 2. The van der Waals surface area contributed by atoms with Gasteiger partial charge in [0.05, 0.1) is 13.2 Å². The second-order valence-corrected chi connectivity index (χ2v) is 4.00. The lowest BCUT2D eigenvalue weighted by atomic mass is 10.2. The fourth-order valence-electron chi connectivity index (χ4n) is 1.67. The van der Waals surface area contributed by atoms with Crippen LogP contribution in [0, 0.1) is 6.92 Å². The number of aryl methyl sites for hydroxylation is 1. The molecule has 0 radical (unpaired) electrons. The Morgan fingerprint density at radius 2 is 2.19 bits per heavy atom. The first kappa shape index (κ1) is 11.3. The SMILES string of the molecule is Cc1nccc(NCCC2(C)OCCO2)n1. The highest BCUT2D eigenvalue weighted by molar-refractivity contribution is 5.32. The molecular weight excluding hydrogens is 206 g/mol. The summed E-state index contributed by atoms with van der Waals surface area (Å²) in [4.78, 5) is 8.29. The summed E-state index contributed by atoms with van der Waals surface area (Å²) in [6.45, 7) is 5.97. The molecule has 0 aliphatic carbocycles. The van der Waals surface area contributed by atoms with Crippen molar-refractivity contribution in [2.45, 2.75) is 26.1 Å². The molecule has 88 valence electrons. The summed E-state index contributed by atoms with van der Waals surface area (Å²) in [5, 5.41) is 3.23. The number of hydrogen-bond acceptors (Lipinski definition) is 5. The van der Waals surface area contributed by atoms with E-state index in [1.807, 2.05) is 19.9 Å². The van der Waals surface area contributed by atoms with Crippen molar-refractivity contribution in [2.24, 2.45) is 0 Å². The Balaban J connectivity index is 1.79. The molecule has 0 atom stereocenters. The van der Waals surface area contributed by atoms with Crippen molar-refractivity contribution in [3.05, 3.63) is 18.1 Å². The molecule has 0 amide bonds. The average molecular weight is 223 g/mol. The lowest BCUT2D eigenvalue weighted by Gasteiger charge is -2.22. The molecule has 0 unspecified atom stereocenters. The summed E-state index contributed by atoms with van der Waals surface area (Å²) in [5.41, 5.74) is 0. The van der Waals surface area contributed by atoms with Crippen molar-refractivity contribution < 1.29 is 9.47 Å². The van der Waals surface area contributed by atoms with Gasteiger partial charge in [0.25, 0.3) is 0 Å². The van der Waals surface area contributed by atoms with Gasteiger partial charge in [-0.1, -0.05) is 0 Å². The first-order valence-electron chi connectivity index (χ1n) is 5.49. The molecule has 2 rings (SSSR count). The molecule has 1 aliphatic rings. The highest BCUT2D eigenvalue weighted by Crippen LogP contribution is 2.22. The van der Waals surface area contributed by atoms with E-state index in [2.05, 4.69) is 15.3 Å². The highest BCUT2D eigenvalue weighted by atomic mass is 16.7. The van der Waals surface area contributed by atoms with Gasteiger partial charge in [0.1, 0.15) is 11.6 Å². The van der Waals surface area contributed by atoms with Gasteiger partial charge in [-0.2, -0.15) is 0 Å². The van der Waals surface area contributed by atoms with E-state index in [0.29, 0.717) is 13.2 Å². The van der Waals surface area contributed by atoms with Gasteiger partial charge in [-0.25, -0.2) is 9.97 Å². The van der Waals surface area contributed by atoms with Gasteiger partial charge in [0.15, 0.2) is 5.79 Å². The minimum absolute atomic E-state index is 0.435. The number of hydrogen-bond donors (Lipinski definition) is 1. The van der Waals surface area contributed by atoms with Crippen LogP contribution in [-0.2, 0) is 9.47 Å². The quantitative estimate of drug-likeness (QED) is 0.835.